The van der Waals surface area contributed by atoms with Gasteiger partial charge in [-0.25, -0.2) is 4.79 Å². The average molecular weight is 272 g/mol. The highest BCUT2D eigenvalue weighted by molar-refractivity contribution is 5.90. The molecular weight excluding hydrogens is 250 g/mol. The fraction of sp³-hybridized carbons (Fsp3) is 0.462. The normalized spacial score (nSPS) is 10.4. The Kier molecular flexibility index (Phi) is 6.89. The number of rotatable bonds is 4. The van der Waals surface area contributed by atoms with Crippen LogP contribution in [0.5, 0.6) is 11.5 Å². The molecule has 108 valence electrons. The van der Waals surface area contributed by atoms with Crippen molar-refractivity contribution in [1.82, 2.24) is 0 Å². The Hall–Kier alpha value is -1.79. The maximum absolute atomic E-state index is 10.4. The van der Waals surface area contributed by atoms with Crippen LogP contribution in [0.3, 0.4) is 0 Å². The Morgan fingerprint density at radius 3 is 2.16 bits per heavy atom. The van der Waals surface area contributed by atoms with Crippen molar-refractivity contribution in [1.29, 1.82) is 0 Å². The number of nitrogens with zero attached hydrogens (tertiary/aromatic N) is 1. The molecule has 1 aromatic rings. The summed E-state index contributed by atoms with van der Waals surface area (Å²) in [5.74, 6) is -1.02. The van der Waals surface area contributed by atoms with Gasteiger partial charge in [-0.3, -0.25) is 0 Å². The van der Waals surface area contributed by atoms with Crippen LogP contribution < -0.4 is 4.74 Å². The van der Waals surface area contributed by atoms with Gasteiger partial charge in [0.25, 0.3) is 0 Å². The van der Waals surface area contributed by atoms with Gasteiger partial charge in [0.1, 0.15) is 23.6 Å². The minimum atomic E-state index is -1.16. The standard InChI is InChI=1S/C8H8O4.C5H14NO/c1-12-5-2-3-6(8(10)11)7(9)4-5;1-6(2,3)4-5-7/h2-4,9H,1H3,(H,10,11);7H,4-5H2,1-3H3/q;+1. The smallest absolute Gasteiger partial charge is 0.339 e. The molecule has 6 nitrogen and oxygen atoms in total. The third kappa shape index (κ3) is 7.28. The highest BCUT2D eigenvalue weighted by atomic mass is 16.5. The van der Waals surface area contributed by atoms with E-state index in [1.807, 2.05) is 0 Å². The highest BCUT2D eigenvalue weighted by Gasteiger charge is 2.09. The molecule has 0 aliphatic heterocycles. The molecule has 19 heavy (non-hydrogen) atoms. The van der Waals surface area contributed by atoms with Gasteiger partial charge in [0.15, 0.2) is 0 Å². The van der Waals surface area contributed by atoms with Crippen LogP contribution in [0.1, 0.15) is 10.4 Å². The second kappa shape index (κ2) is 7.60. The van der Waals surface area contributed by atoms with Crippen LogP contribution in [0.25, 0.3) is 0 Å². The Labute approximate surface area is 113 Å². The van der Waals surface area contributed by atoms with E-state index in [1.54, 1.807) is 0 Å². The van der Waals surface area contributed by atoms with Crippen LogP contribution >= 0.6 is 0 Å². The summed E-state index contributed by atoms with van der Waals surface area (Å²) in [6.07, 6.45) is 0. The number of phenols is 1. The van der Waals surface area contributed by atoms with Gasteiger partial charge in [0, 0.05) is 6.07 Å². The Balaban J connectivity index is 0.000000399. The van der Waals surface area contributed by atoms with E-state index in [0.29, 0.717) is 5.75 Å². The van der Waals surface area contributed by atoms with Gasteiger partial charge in [0.2, 0.25) is 0 Å². The lowest BCUT2D eigenvalue weighted by molar-refractivity contribution is -0.870. The zero-order chi connectivity index (χ0) is 15.1. The predicted molar refractivity (Wildman–Crippen MR) is 71.6 cm³/mol. The SMILES string of the molecule is COc1ccc(C(=O)O)c(O)c1.C[N+](C)(C)CCO. The van der Waals surface area contributed by atoms with Gasteiger partial charge >= 0.3 is 5.97 Å². The van der Waals surface area contributed by atoms with Gasteiger partial charge in [-0.15, -0.1) is 0 Å². The van der Waals surface area contributed by atoms with Crippen LogP contribution in [-0.4, -0.2) is 67.2 Å². The molecule has 1 aromatic carbocycles. The summed E-state index contributed by atoms with van der Waals surface area (Å²) < 4.78 is 5.62. The Morgan fingerprint density at radius 1 is 1.32 bits per heavy atom. The second-order valence-corrected chi connectivity index (χ2v) is 4.93. The third-order valence-electron chi connectivity index (χ3n) is 2.21. The number of aromatic carboxylic acids is 1. The first-order chi connectivity index (χ1) is 8.71. The zero-order valence-corrected chi connectivity index (χ0v) is 11.8. The van der Waals surface area contributed by atoms with Crippen molar-refractivity contribution in [2.45, 2.75) is 0 Å². The number of carboxylic acid groups (broad SMARTS) is 1. The predicted octanol–water partition coefficient (Wildman–Crippen LogP) is 0.784. The minimum Gasteiger partial charge on any atom is -0.507 e. The van der Waals surface area contributed by atoms with E-state index < -0.39 is 5.97 Å². The lowest BCUT2D eigenvalue weighted by atomic mass is 10.2. The molecule has 0 radical (unpaired) electrons. The van der Waals surface area contributed by atoms with Crippen LogP contribution in [0.4, 0.5) is 0 Å². The van der Waals surface area contributed by atoms with Crippen molar-refractivity contribution in [3.05, 3.63) is 23.8 Å². The maximum Gasteiger partial charge on any atom is 0.339 e. The molecule has 1 rings (SSSR count). The van der Waals surface area contributed by atoms with E-state index in [9.17, 15) is 4.79 Å². The Morgan fingerprint density at radius 2 is 1.89 bits per heavy atom. The molecule has 6 heteroatoms. The number of methoxy groups -OCH3 is 1. The molecule has 0 saturated heterocycles. The van der Waals surface area contributed by atoms with Crippen LogP contribution in [-0.2, 0) is 0 Å². The van der Waals surface area contributed by atoms with Crippen molar-refractivity contribution in [3.63, 3.8) is 0 Å². The van der Waals surface area contributed by atoms with E-state index in [2.05, 4.69) is 21.1 Å². The summed E-state index contributed by atoms with van der Waals surface area (Å²) in [5, 5.41) is 26.0. The molecule has 0 spiro atoms. The molecule has 0 aromatic heterocycles. The van der Waals surface area contributed by atoms with Crippen molar-refractivity contribution < 1.29 is 29.3 Å². The molecule has 0 fully saturated rings. The molecule has 0 saturated carbocycles. The average Bonchev–Trinajstić information content (AvgIpc) is 2.27. The fourth-order valence-electron chi connectivity index (χ4n) is 1.12. The second-order valence-electron chi connectivity index (χ2n) is 4.93. The molecule has 0 bridgehead atoms. The summed E-state index contributed by atoms with van der Waals surface area (Å²) in [7, 11) is 7.60. The van der Waals surface area contributed by atoms with Crippen LogP contribution in [0, 0.1) is 0 Å². The summed E-state index contributed by atoms with van der Waals surface area (Å²) in [4.78, 5) is 10.4. The van der Waals surface area contributed by atoms with E-state index in [4.69, 9.17) is 20.1 Å². The van der Waals surface area contributed by atoms with Crippen molar-refractivity contribution >= 4 is 5.97 Å². The highest BCUT2D eigenvalue weighted by Crippen LogP contribution is 2.22. The quantitative estimate of drug-likeness (QED) is 0.705. The lowest BCUT2D eigenvalue weighted by Gasteiger charge is -2.21. The van der Waals surface area contributed by atoms with Gasteiger partial charge in [-0.2, -0.15) is 0 Å². The molecule has 0 atom stereocenters. The number of hydrogen-bond acceptors (Lipinski definition) is 4. The minimum absolute atomic E-state index is 0.129. The topological polar surface area (TPSA) is 87.0 Å². The van der Waals surface area contributed by atoms with Gasteiger partial charge in [-0.1, -0.05) is 0 Å². The molecule has 0 amide bonds. The molecule has 0 aliphatic carbocycles. The summed E-state index contributed by atoms with van der Waals surface area (Å²) in [6.45, 7) is 1.11. The summed E-state index contributed by atoms with van der Waals surface area (Å²) >= 11 is 0. The number of aromatic hydroxyl groups is 1. The van der Waals surface area contributed by atoms with Crippen molar-refractivity contribution in [2.24, 2.45) is 0 Å². The number of quaternary nitrogens is 1. The molecular formula is C13H22NO5+. The first-order valence-electron chi connectivity index (χ1n) is 5.73. The summed E-state index contributed by atoms with van der Waals surface area (Å²) in [6, 6.07) is 4.02. The van der Waals surface area contributed by atoms with E-state index in [-0.39, 0.29) is 17.9 Å². The monoisotopic (exact) mass is 272 g/mol. The number of carboxylic acids is 1. The van der Waals surface area contributed by atoms with Crippen molar-refractivity contribution in [3.8, 4) is 11.5 Å². The molecule has 3 N–H and O–H groups in total. The van der Waals surface area contributed by atoms with Gasteiger partial charge in [-0.05, 0) is 12.1 Å². The maximum atomic E-state index is 10.4. The number of likely N-dealkylation sites (N-methyl/N-ethyl adjacent to an activating group) is 1. The van der Waals surface area contributed by atoms with E-state index >= 15 is 0 Å². The van der Waals surface area contributed by atoms with E-state index in [0.717, 1.165) is 11.0 Å². The Bertz CT molecular complexity index is 412. The number of aliphatic hydroxyl groups is 1. The van der Waals surface area contributed by atoms with E-state index in [1.165, 1.54) is 25.3 Å². The number of benzene rings is 1. The largest absolute Gasteiger partial charge is 0.507 e. The molecule has 0 aliphatic rings. The van der Waals surface area contributed by atoms with Gasteiger partial charge in [0.05, 0.1) is 34.9 Å². The number of ether oxygens (including phenoxy) is 1. The summed E-state index contributed by atoms with van der Waals surface area (Å²) in [5.41, 5.74) is -0.129. The zero-order valence-electron chi connectivity index (χ0n) is 11.8. The number of carbonyl (C=O) groups is 1. The third-order valence-corrected chi connectivity index (χ3v) is 2.21. The van der Waals surface area contributed by atoms with Crippen LogP contribution in [0.2, 0.25) is 0 Å². The first kappa shape index (κ1) is 17.2. The fourth-order valence-corrected chi connectivity index (χ4v) is 1.12. The van der Waals surface area contributed by atoms with Crippen molar-refractivity contribution in [2.75, 3.05) is 41.4 Å². The number of hydrogen-bond donors (Lipinski definition) is 3. The molecule has 0 heterocycles. The first-order valence-corrected chi connectivity index (χ1v) is 5.73. The lowest BCUT2D eigenvalue weighted by Crippen LogP contribution is -2.36. The molecule has 0 unspecified atom stereocenters. The van der Waals surface area contributed by atoms with Gasteiger partial charge < -0.3 is 24.5 Å². The number of aliphatic hydroxyl groups excluding tert-OH is 1. The van der Waals surface area contributed by atoms with Crippen LogP contribution in [0.15, 0.2) is 18.2 Å².